The molecule has 0 bridgehead atoms. The van der Waals surface area contributed by atoms with E-state index < -0.39 is 0 Å². The summed E-state index contributed by atoms with van der Waals surface area (Å²) in [6, 6.07) is 11.8. The molecular weight excluding hydrogens is 390 g/mol. The van der Waals surface area contributed by atoms with E-state index in [0.717, 1.165) is 15.8 Å². The first-order valence-electron chi connectivity index (χ1n) is 6.99. The van der Waals surface area contributed by atoms with Crippen molar-refractivity contribution in [2.24, 2.45) is 5.10 Å². The SMILES string of the molecule is Nn1c(N/N=C/c2cccnc2)nnc1SCc1cccc(Br)c1. The topological polar surface area (TPSA) is 94.0 Å². The van der Waals surface area contributed by atoms with Crippen molar-refractivity contribution in [3.05, 3.63) is 64.4 Å². The van der Waals surface area contributed by atoms with Gasteiger partial charge in [0.15, 0.2) is 0 Å². The highest BCUT2D eigenvalue weighted by Crippen LogP contribution is 2.23. The highest BCUT2D eigenvalue weighted by Gasteiger charge is 2.09. The summed E-state index contributed by atoms with van der Waals surface area (Å²) in [6.45, 7) is 0. The Hall–Kier alpha value is -2.39. The fourth-order valence-electron chi connectivity index (χ4n) is 1.84. The average molecular weight is 404 g/mol. The van der Waals surface area contributed by atoms with Gasteiger partial charge in [0.2, 0.25) is 5.16 Å². The zero-order chi connectivity index (χ0) is 16.8. The molecule has 3 N–H and O–H groups in total. The number of hydrogen-bond donors (Lipinski definition) is 2. The minimum atomic E-state index is 0.367. The largest absolute Gasteiger partial charge is 0.334 e. The maximum Gasteiger partial charge on any atom is 0.264 e. The van der Waals surface area contributed by atoms with Gasteiger partial charge in [0, 0.05) is 28.2 Å². The molecule has 7 nitrogen and oxygen atoms in total. The first-order valence-corrected chi connectivity index (χ1v) is 8.77. The highest BCUT2D eigenvalue weighted by atomic mass is 79.9. The van der Waals surface area contributed by atoms with Crippen LogP contribution >= 0.6 is 27.7 Å². The molecule has 1 aromatic carbocycles. The van der Waals surface area contributed by atoms with Crippen molar-refractivity contribution in [2.45, 2.75) is 10.9 Å². The summed E-state index contributed by atoms with van der Waals surface area (Å²) in [6.07, 6.45) is 5.05. The third kappa shape index (κ3) is 4.33. The van der Waals surface area contributed by atoms with Crippen molar-refractivity contribution in [1.82, 2.24) is 19.9 Å². The van der Waals surface area contributed by atoms with Crippen LogP contribution in [-0.2, 0) is 5.75 Å². The van der Waals surface area contributed by atoms with Gasteiger partial charge in [0.1, 0.15) is 0 Å². The van der Waals surface area contributed by atoms with Gasteiger partial charge in [0.25, 0.3) is 5.95 Å². The number of halogens is 1. The molecule has 0 aliphatic carbocycles. The van der Waals surface area contributed by atoms with Crippen LogP contribution in [0.4, 0.5) is 5.95 Å². The molecule has 0 unspecified atom stereocenters. The van der Waals surface area contributed by atoms with Gasteiger partial charge in [0.05, 0.1) is 6.21 Å². The van der Waals surface area contributed by atoms with Crippen LogP contribution in [0.3, 0.4) is 0 Å². The summed E-state index contributed by atoms with van der Waals surface area (Å²) < 4.78 is 2.42. The molecule has 0 radical (unpaired) electrons. The zero-order valence-electron chi connectivity index (χ0n) is 12.5. The second kappa shape index (κ2) is 7.93. The van der Waals surface area contributed by atoms with Crippen LogP contribution in [0.5, 0.6) is 0 Å². The fourth-order valence-corrected chi connectivity index (χ4v) is 3.09. The number of nitrogen functional groups attached to an aromatic ring is 1. The van der Waals surface area contributed by atoms with E-state index in [1.807, 2.05) is 30.3 Å². The first-order chi connectivity index (χ1) is 11.7. The van der Waals surface area contributed by atoms with Gasteiger partial charge in [-0.2, -0.15) is 5.10 Å². The molecule has 0 fully saturated rings. The smallest absolute Gasteiger partial charge is 0.264 e. The standard InChI is InChI=1S/C15H14BrN7S/c16-13-5-1-3-11(7-13)10-24-15-22-21-14(23(15)17)20-19-9-12-4-2-6-18-8-12/h1-9H,10,17H2,(H,20,21)/b19-9+. The van der Waals surface area contributed by atoms with E-state index in [9.17, 15) is 0 Å². The molecule has 0 amide bonds. The summed E-state index contributed by atoms with van der Waals surface area (Å²) >= 11 is 4.96. The summed E-state index contributed by atoms with van der Waals surface area (Å²) in [4.78, 5) is 4.01. The molecule has 9 heteroatoms. The second-order valence-electron chi connectivity index (χ2n) is 4.75. The predicted molar refractivity (Wildman–Crippen MR) is 99.3 cm³/mol. The molecule has 2 aromatic heterocycles. The summed E-state index contributed by atoms with van der Waals surface area (Å²) in [5, 5.41) is 12.8. The average Bonchev–Trinajstić information content (AvgIpc) is 2.94. The quantitative estimate of drug-likeness (QED) is 0.284. The van der Waals surface area contributed by atoms with Crippen molar-refractivity contribution in [3.63, 3.8) is 0 Å². The third-order valence-corrected chi connectivity index (χ3v) is 4.49. The van der Waals surface area contributed by atoms with E-state index in [1.165, 1.54) is 22.0 Å². The molecule has 3 aromatic rings. The molecule has 2 heterocycles. The molecule has 0 aliphatic rings. The van der Waals surface area contributed by atoms with E-state index in [2.05, 4.69) is 47.7 Å². The van der Waals surface area contributed by atoms with E-state index in [0.29, 0.717) is 11.1 Å². The van der Waals surface area contributed by atoms with E-state index in [4.69, 9.17) is 5.84 Å². The van der Waals surface area contributed by atoms with Gasteiger partial charge < -0.3 is 5.84 Å². The van der Waals surface area contributed by atoms with Crippen LogP contribution in [0.15, 0.2) is 63.5 Å². The Morgan fingerprint density at radius 3 is 3.00 bits per heavy atom. The van der Waals surface area contributed by atoms with Gasteiger partial charge in [-0.25, -0.2) is 10.1 Å². The fraction of sp³-hybridized carbons (Fsp3) is 0.0667. The van der Waals surface area contributed by atoms with Crippen molar-refractivity contribution in [2.75, 3.05) is 11.3 Å². The number of hydrogen-bond acceptors (Lipinski definition) is 7. The van der Waals surface area contributed by atoms with E-state index >= 15 is 0 Å². The summed E-state index contributed by atoms with van der Waals surface area (Å²) in [5.74, 6) is 7.10. The molecule has 0 atom stereocenters. The lowest BCUT2D eigenvalue weighted by molar-refractivity contribution is 0.847. The lowest BCUT2D eigenvalue weighted by Gasteiger charge is -2.03. The van der Waals surface area contributed by atoms with Gasteiger partial charge >= 0.3 is 0 Å². The molecule has 3 rings (SSSR count). The number of anilines is 1. The summed E-state index contributed by atoms with van der Waals surface area (Å²) in [5.41, 5.74) is 4.81. The van der Waals surface area contributed by atoms with Crippen LogP contribution < -0.4 is 11.3 Å². The monoisotopic (exact) mass is 403 g/mol. The second-order valence-corrected chi connectivity index (χ2v) is 6.61. The Bertz CT molecular complexity index is 835. The van der Waals surface area contributed by atoms with Gasteiger partial charge in [-0.3, -0.25) is 4.98 Å². The van der Waals surface area contributed by atoms with Gasteiger partial charge in [-0.1, -0.05) is 45.9 Å². The zero-order valence-corrected chi connectivity index (χ0v) is 14.9. The maximum absolute atomic E-state index is 5.99. The van der Waals surface area contributed by atoms with Crippen molar-refractivity contribution < 1.29 is 0 Å². The molecule has 0 saturated carbocycles. The Kier molecular flexibility index (Phi) is 5.44. The van der Waals surface area contributed by atoms with Crippen LogP contribution in [0.1, 0.15) is 11.1 Å². The Labute approximate surface area is 151 Å². The minimum absolute atomic E-state index is 0.367. The first kappa shape index (κ1) is 16.5. The van der Waals surface area contributed by atoms with Gasteiger partial charge in [-0.05, 0) is 23.8 Å². The Morgan fingerprint density at radius 2 is 2.21 bits per heavy atom. The van der Waals surface area contributed by atoms with Crippen LogP contribution in [0.25, 0.3) is 0 Å². The number of nitrogens with one attached hydrogen (secondary N) is 1. The highest BCUT2D eigenvalue weighted by molar-refractivity contribution is 9.10. The van der Waals surface area contributed by atoms with Crippen molar-refractivity contribution in [1.29, 1.82) is 0 Å². The summed E-state index contributed by atoms with van der Waals surface area (Å²) in [7, 11) is 0. The normalized spacial score (nSPS) is 11.0. The van der Waals surface area contributed by atoms with Crippen LogP contribution in [0, 0.1) is 0 Å². The lowest BCUT2D eigenvalue weighted by Crippen LogP contribution is -2.13. The van der Waals surface area contributed by atoms with Crippen molar-refractivity contribution >= 4 is 39.9 Å². The molecule has 0 saturated heterocycles. The van der Waals surface area contributed by atoms with Crippen LogP contribution in [-0.4, -0.2) is 26.1 Å². The molecule has 24 heavy (non-hydrogen) atoms. The Morgan fingerprint density at radius 1 is 1.29 bits per heavy atom. The van der Waals surface area contributed by atoms with E-state index in [-0.39, 0.29) is 0 Å². The number of thioether (sulfide) groups is 1. The molecule has 122 valence electrons. The maximum atomic E-state index is 5.99. The number of pyridine rings is 1. The number of aromatic nitrogens is 4. The van der Waals surface area contributed by atoms with Gasteiger partial charge in [-0.15, -0.1) is 10.2 Å². The predicted octanol–water partition coefficient (Wildman–Crippen LogP) is 2.89. The lowest BCUT2D eigenvalue weighted by atomic mass is 10.2. The number of hydrazone groups is 1. The molecular formula is C15H14BrN7S. The minimum Gasteiger partial charge on any atom is -0.334 e. The number of rotatable bonds is 6. The Balaban J connectivity index is 1.60. The number of nitrogens with two attached hydrogens (primary N) is 1. The van der Waals surface area contributed by atoms with Crippen LogP contribution in [0.2, 0.25) is 0 Å². The molecule has 0 spiro atoms. The molecule has 0 aliphatic heterocycles. The number of benzene rings is 1. The number of nitrogens with zero attached hydrogens (tertiary/aromatic N) is 5. The third-order valence-electron chi connectivity index (χ3n) is 2.98. The van der Waals surface area contributed by atoms with Crippen molar-refractivity contribution in [3.8, 4) is 0 Å². The van der Waals surface area contributed by atoms with E-state index in [1.54, 1.807) is 18.6 Å².